The van der Waals surface area contributed by atoms with Crippen LogP contribution in [0.1, 0.15) is 44.0 Å². The number of thioether (sulfide) groups is 1. The number of halogens is 1. The molecule has 1 aliphatic carbocycles. The van der Waals surface area contributed by atoms with E-state index in [0.29, 0.717) is 30.6 Å². The van der Waals surface area contributed by atoms with E-state index in [0.717, 1.165) is 35.8 Å². The summed E-state index contributed by atoms with van der Waals surface area (Å²) in [6.45, 7) is 2.93. The van der Waals surface area contributed by atoms with Crippen molar-refractivity contribution in [1.29, 1.82) is 0 Å². The number of anilines is 1. The number of amides is 1. The molecule has 1 saturated carbocycles. The molecule has 1 amide bonds. The molecule has 3 heterocycles. The smallest absolute Gasteiger partial charge is 0.232 e. The first-order valence-corrected chi connectivity index (χ1v) is 13.0. The Morgan fingerprint density at radius 3 is 2.55 bits per heavy atom. The Morgan fingerprint density at radius 1 is 1.03 bits per heavy atom. The van der Waals surface area contributed by atoms with Crippen LogP contribution in [0.15, 0.2) is 42.6 Å². The van der Waals surface area contributed by atoms with Gasteiger partial charge in [-0.05, 0) is 49.2 Å². The summed E-state index contributed by atoms with van der Waals surface area (Å²) in [7, 11) is 0. The van der Waals surface area contributed by atoms with Crippen molar-refractivity contribution in [3.8, 4) is 0 Å². The zero-order chi connectivity index (χ0) is 22.6. The molecule has 174 valence electrons. The molecule has 33 heavy (non-hydrogen) atoms. The number of hydrogen-bond donors (Lipinski definition) is 0. The number of carbonyl (C=O) groups excluding carboxylic acids is 1. The molecule has 0 unspecified atom stereocenters. The van der Waals surface area contributed by atoms with E-state index in [9.17, 15) is 9.18 Å². The van der Waals surface area contributed by atoms with Crippen molar-refractivity contribution in [2.24, 2.45) is 0 Å². The number of rotatable bonds is 6. The molecule has 0 N–H and O–H groups in total. The largest absolute Gasteiger partial charge is 0.368 e. The van der Waals surface area contributed by atoms with E-state index in [-0.39, 0.29) is 11.7 Å². The average Bonchev–Trinajstić information content (AvgIpc) is 3.23. The highest BCUT2D eigenvalue weighted by atomic mass is 32.2. The second-order valence-electron chi connectivity index (χ2n) is 8.87. The summed E-state index contributed by atoms with van der Waals surface area (Å²) in [5, 5.41) is 0. The van der Waals surface area contributed by atoms with E-state index in [1.54, 1.807) is 23.9 Å². The number of pyridine rings is 1. The Hall–Kier alpha value is -2.61. The van der Waals surface area contributed by atoms with Crippen molar-refractivity contribution in [1.82, 2.24) is 19.4 Å². The highest BCUT2D eigenvalue weighted by molar-refractivity contribution is 7.99. The van der Waals surface area contributed by atoms with Crippen molar-refractivity contribution in [3.05, 3.63) is 54.2 Å². The predicted molar refractivity (Wildman–Crippen MR) is 131 cm³/mol. The third-order valence-electron chi connectivity index (χ3n) is 6.74. The molecule has 2 aliphatic rings. The molecule has 2 aromatic heterocycles. The molecular formula is C25H30FN5OS. The highest BCUT2D eigenvalue weighted by Gasteiger charge is 2.24. The second kappa shape index (κ2) is 10.1. The van der Waals surface area contributed by atoms with Crippen LogP contribution >= 0.6 is 11.8 Å². The topological polar surface area (TPSA) is 54.3 Å². The van der Waals surface area contributed by atoms with Crippen molar-refractivity contribution in [3.63, 3.8) is 0 Å². The van der Waals surface area contributed by atoms with Gasteiger partial charge in [0.05, 0.1) is 11.5 Å². The first-order chi connectivity index (χ1) is 16.2. The first-order valence-electron chi connectivity index (χ1n) is 11.9. The number of carbonyl (C=O) groups is 1. The summed E-state index contributed by atoms with van der Waals surface area (Å²) in [5.74, 6) is 2.16. The van der Waals surface area contributed by atoms with Gasteiger partial charge in [0.15, 0.2) is 5.65 Å². The molecule has 0 spiro atoms. The van der Waals surface area contributed by atoms with Crippen LogP contribution in [-0.4, -0.2) is 57.3 Å². The Morgan fingerprint density at radius 2 is 1.79 bits per heavy atom. The van der Waals surface area contributed by atoms with E-state index in [1.165, 1.54) is 44.2 Å². The molecular weight excluding hydrogens is 437 g/mol. The number of fused-ring (bicyclic) bond motifs is 1. The monoisotopic (exact) mass is 467 g/mol. The van der Waals surface area contributed by atoms with Gasteiger partial charge in [0.25, 0.3) is 0 Å². The van der Waals surface area contributed by atoms with Crippen molar-refractivity contribution in [2.75, 3.05) is 36.8 Å². The summed E-state index contributed by atoms with van der Waals surface area (Å²) in [6, 6.07) is 11.0. The van der Waals surface area contributed by atoms with Crippen molar-refractivity contribution < 1.29 is 9.18 Å². The zero-order valence-electron chi connectivity index (χ0n) is 18.8. The van der Waals surface area contributed by atoms with Gasteiger partial charge in [-0.15, -0.1) is 11.8 Å². The summed E-state index contributed by atoms with van der Waals surface area (Å²) < 4.78 is 15.5. The van der Waals surface area contributed by atoms with Crippen molar-refractivity contribution >= 4 is 34.5 Å². The van der Waals surface area contributed by atoms with Crippen LogP contribution in [-0.2, 0) is 10.5 Å². The van der Waals surface area contributed by atoms with E-state index >= 15 is 0 Å². The Balaban J connectivity index is 1.17. The fourth-order valence-corrected chi connectivity index (χ4v) is 5.83. The normalized spacial score (nSPS) is 17.6. The summed E-state index contributed by atoms with van der Waals surface area (Å²) >= 11 is 1.64. The molecule has 0 atom stereocenters. The minimum Gasteiger partial charge on any atom is -0.368 e. The van der Waals surface area contributed by atoms with Gasteiger partial charge in [0.2, 0.25) is 5.91 Å². The Bertz CT molecular complexity index is 1090. The lowest BCUT2D eigenvalue weighted by molar-refractivity contribution is -0.128. The van der Waals surface area contributed by atoms with Crippen LogP contribution in [0.5, 0.6) is 0 Å². The number of piperazine rings is 1. The van der Waals surface area contributed by atoms with Crippen LogP contribution in [0.3, 0.4) is 0 Å². The lowest BCUT2D eigenvalue weighted by Gasteiger charge is -2.36. The van der Waals surface area contributed by atoms with Gasteiger partial charge < -0.3 is 14.4 Å². The number of imidazole rings is 1. The summed E-state index contributed by atoms with van der Waals surface area (Å²) in [4.78, 5) is 26.5. The Kier molecular flexibility index (Phi) is 6.80. The molecule has 1 aliphatic heterocycles. The fraction of sp³-hybridized carbons (Fsp3) is 0.480. The summed E-state index contributed by atoms with van der Waals surface area (Å²) in [6.07, 6.45) is 8.02. The number of hydrogen-bond acceptors (Lipinski definition) is 5. The van der Waals surface area contributed by atoms with Gasteiger partial charge in [-0.3, -0.25) is 4.79 Å². The molecule has 1 aromatic carbocycles. The van der Waals surface area contributed by atoms with E-state index in [4.69, 9.17) is 4.98 Å². The lowest BCUT2D eigenvalue weighted by Crippen LogP contribution is -2.49. The SMILES string of the molecule is O=C(CSCc1nc2cccnc2n1C1CCCCC1)N1CCN(c2ccc(F)cc2)CC1. The minimum atomic E-state index is -0.225. The third kappa shape index (κ3) is 5.00. The number of aromatic nitrogens is 3. The van der Waals surface area contributed by atoms with E-state index in [2.05, 4.69) is 14.5 Å². The van der Waals surface area contributed by atoms with Gasteiger partial charge in [-0.1, -0.05) is 19.3 Å². The van der Waals surface area contributed by atoms with Gasteiger partial charge in [-0.2, -0.15) is 0 Å². The predicted octanol–water partition coefficient (Wildman–Crippen LogP) is 4.66. The van der Waals surface area contributed by atoms with Crippen LogP contribution in [0.4, 0.5) is 10.1 Å². The molecule has 2 fully saturated rings. The molecule has 6 nitrogen and oxygen atoms in total. The quantitative estimate of drug-likeness (QED) is 0.528. The fourth-order valence-electron chi connectivity index (χ4n) is 4.99. The highest BCUT2D eigenvalue weighted by Crippen LogP contribution is 2.33. The first kappa shape index (κ1) is 22.2. The second-order valence-corrected chi connectivity index (χ2v) is 9.86. The molecule has 8 heteroatoms. The average molecular weight is 468 g/mol. The standard InChI is InChI=1S/C25H30FN5OS/c26-19-8-10-20(11-9-19)29-13-15-30(16-14-29)24(32)18-33-17-23-28-22-7-4-12-27-25(22)31(23)21-5-2-1-3-6-21/h4,7-12,21H,1-3,5-6,13-18H2. The molecule has 0 radical (unpaired) electrons. The van der Waals surface area contributed by atoms with E-state index in [1.807, 2.05) is 23.2 Å². The molecule has 0 bridgehead atoms. The Labute approximate surface area is 198 Å². The number of benzene rings is 1. The van der Waals surface area contributed by atoms with E-state index < -0.39 is 0 Å². The van der Waals surface area contributed by atoms with Gasteiger partial charge in [0.1, 0.15) is 17.2 Å². The summed E-state index contributed by atoms with van der Waals surface area (Å²) in [5.41, 5.74) is 2.93. The van der Waals surface area contributed by atoms with Gasteiger partial charge in [-0.25, -0.2) is 14.4 Å². The molecule has 1 saturated heterocycles. The molecule has 3 aromatic rings. The minimum absolute atomic E-state index is 0.178. The molecule has 5 rings (SSSR count). The maximum absolute atomic E-state index is 13.2. The van der Waals surface area contributed by atoms with Crippen LogP contribution in [0, 0.1) is 5.82 Å². The van der Waals surface area contributed by atoms with Crippen LogP contribution in [0.2, 0.25) is 0 Å². The lowest BCUT2D eigenvalue weighted by atomic mass is 9.95. The van der Waals surface area contributed by atoms with Crippen molar-refractivity contribution in [2.45, 2.75) is 43.9 Å². The number of nitrogens with zero attached hydrogens (tertiary/aromatic N) is 5. The maximum atomic E-state index is 13.2. The zero-order valence-corrected chi connectivity index (χ0v) is 19.6. The van der Waals surface area contributed by atoms with Crippen LogP contribution < -0.4 is 4.90 Å². The third-order valence-corrected chi connectivity index (χ3v) is 7.66. The van der Waals surface area contributed by atoms with Crippen LogP contribution in [0.25, 0.3) is 11.2 Å². The van der Waals surface area contributed by atoms with Gasteiger partial charge in [0, 0.05) is 44.1 Å². The van der Waals surface area contributed by atoms with Gasteiger partial charge >= 0.3 is 0 Å². The maximum Gasteiger partial charge on any atom is 0.232 e.